The van der Waals surface area contributed by atoms with Gasteiger partial charge in [0.2, 0.25) is 0 Å². The van der Waals surface area contributed by atoms with E-state index in [2.05, 4.69) is 16.8 Å². The predicted octanol–water partition coefficient (Wildman–Crippen LogP) is 1.33. The number of benzene rings is 1. The van der Waals surface area contributed by atoms with Crippen LogP contribution in [0.15, 0.2) is 24.3 Å². The molecule has 2 fully saturated rings. The van der Waals surface area contributed by atoms with E-state index in [4.69, 9.17) is 5.11 Å². The van der Waals surface area contributed by atoms with E-state index in [0.717, 1.165) is 32.6 Å². The van der Waals surface area contributed by atoms with Crippen LogP contribution in [0.1, 0.15) is 40.0 Å². The van der Waals surface area contributed by atoms with Crippen LogP contribution in [-0.4, -0.2) is 95.1 Å². The molecule has 2 atom stereocenters. The molecule has 2 aliphatic rings. The van der Waals surface area contributed by atoms with Crippen molar-refractivity contribution in [3.05, 3.63) is 35.4 Å². The molecule has 2 aliphatic heterocycles. The molecule has 2 N–H and O–H groups in total. The van der Waals surface area contributed by atoms with Crippen LogP contribution in [0.25, 0.3) is 0 Å². The SMILES string of the molecule is CN1CCN([C@@H]2CCN(C(=O)c3cccc(C(=O)O)c3)C[C@@H]2CCC(=O)O)CC1. The second-order valence-corrected chi connectivity index (χ2v) is 8.02. The van der Waals surface area contributed by atoms with Crippen molar-refractivity contribution >= 4 is 17.8 Å². The summed E-state index contributed by atoms with van der Waals surface area (Å²) >= 11 is 0. The molecule has 0 radical (unpaired) electrons. The molecule has 3 rings (SSSR count). The van der Waals surface area contributed by atoms with Crippen LogP contribution >= 0.6 is 0 Å². The van der Waals surface area contributed by atoms with Crippen molar-refractivity contribution in [2.75, 3.05) is 46.3 Å². The monoisotopic (exact) mass is 403 g/mol. The standard InChI is InChI=1S/C21H29N3O5/c1-22-9-11-23(12-10-22)18-7-8-24(14-17(18)5-6-19(25)26)20(27)15-3-2-4-16(13-15)21(28)29/h2-4,13,17-18H,5-12,14H2,1H3,(H,25,26)(H,28,29)/t17-,18+/m0/s1. The van der Waals surface area contributed by atoms with E-state index in [-0.39, 0.29) is 29.9 Å². The van der Waals surface area contributed by atoms with Crippen LogP contribution in [0, 0.1) is 5.92 Å². The van der Waals surface area contributed by atoms with Gasteiger partial charge in [0, 0.05) is 57.3 Å². The summed E-state index contributed by atoms with van der Waals surface area (Å²) in [5.41, 5.74) is 0.450. The van der Waals surface area contributed by atoms with E-state index in [1.54, 1.807) is 17.0 Å². The molecule has 1 aromatic carbocycles. The fourth-order valence-electron chi connectivity index (χ4n) is 4.40. The fraction of sp³-hybridized carbons (Fsp3) is 0.571. The predicted molar refractivity (Wildman–Crippen MR) is 107 cm³/mol. The van der Waals surface area contributed by atoms with Crippen molar-refractivity contribution in [3.8, 4) is 0 Å². The number of hydrogen-bond acceptors (Lipinski definition) is 5. The molecule has 1 aromatic rings. The Kier molecular flexibility index (Phi) is 6.87. The van der Waals surface area contributed by atoms with E-state index < -0.39 is 11.9 Å². The van der Waals surface area contributed by atoms with Crippen molar-refractivity contribution in [2.24, 2.45) is 5.92 Å². The summed E-state index contributed by atoms with van der Waals surface area (Å²) in [6.45, 7) is 5.00. The lowest BCUT2D eigenvalue weighted by molar-refractivity contribution is -0.137. The number of piperidine rings is 1. The summed E-state index contributed by atoms with van der Waals surface area (Å²) in [7, 11) is 2.10. The number of carbonyl (C=O) groups excluding carboxylic acids is 1. The lowest BCUT2D eigenvalue weighted by Crippen LogP contribution is -2.57. The zero-order valence-corrected chi connectivity index (χ0v) is 16.8. The molecule has 2 heterocycles. The first kappa shape index (κ1) is 21.3. The highest BCUT2D eigenvalue weighted by Gasteiger charge is 2.36. The molecular weight excluding hydrogens is 374 g/mol. The molecule has 0 aromatic heterocycles. The average molecular weight is 403 g/mol. The molecule has 2 saturated heterocycles. The van der Waals surface area contributed by atoms with Crippen molar-refractivity contribution in [2.45, 2.75) is 25.3 Å². The van der Waals surface area contributed by atoms with E-state index in [0.29, 0.717) is 25.1 Å². The molecule has 29 heavy (non-hydrogen) atoms. The molecule has 0 saturated carbocycles. The van der Waals surface area contributed by atoms with Crippen LogP contribution in [0.3, 0.4) is 0 Å². The topological polar surface area (TPSA) is 101 Å². The number of piperazine rings is 1. The van der Waals surface area contributed by atoms with Crippen molar-refractivity contribution in [3.63, 3.8) is 0 Å². The smallest absolute Gasteiger partial charge is 0.335 e. The molecule has 0 bridgehead atoms. The highest BCUT2D eigenvalue weighted by atomic mass is 16.4. The molecule has 0 aliphatic carbocycles. The Morgan fingerprint density at radius 3 is 2.38 bits per heavy atom. The first-order valence-corrected chi connectivity index (χ1v) is 10.1. The molecule has 8 heteroatoms. The van der Waals surface area contributed by atoms with Gasteiger partial charge in [0.15, 0.2) is 0 Å². The summed E-state index contributed by atoms with van der Waals surface area (Å²) in [4.78, 5) is 41.8. The van der Waals surface area contributed by atoms with Crippen molar-refractivity contribution < 1.29 is 24.6 Å². The Labute approximate surface area is 170 Å². The average Bonchev–Trinajstić information content (AvgIpc) is 2.72. The minimum Gasteiger partial charge on any atom is -0.481 e. The highest BCUT2D eigenvalue weighted by Crippen LogP contribution is 2.28. The lowest BCUT2D eigenvalue weighted by Gasteiger charge is -2.46. The first-order chi connectivity index (χ1) is 13.8. The number of carboxylic acids is 2. The number of likely N-dealkylation sites (N-methyl/N-ethyl adjacent to an activating group) is 1. The number of hydrogen-bond donors (Lipinski definition) is 2. The summed E-state index contributed by atoms with van der Waals surface area (Å²) < 4.78 is 0. The molecular formula is C21H29N3O5. The van der Waals surface area contributed by atoms with Crippen LogP contribution in [0.4, 0.5) is 0 Å². The summed E-state index contributed by atoms with van der Waals surface area (Å²) in [5.74, 6) is -1.98. The maximum atomic E-state index is 13.0. The number of carboxylic acid groups (broad SMARTS) is 2. The van der Waals surface area contributed by atoms with Crippen LogP contribution < -0.4 is 0 Å². The molecule has 0 spiro atoms. The molecule has 0 unspecified atom stereocenters. The number of amides is 1. The van der Waals surface area contributed by atoms with Gasteiger partial charge in [-0.25, -0.2) is 4.79 Å². The Bertz CT molecular complexity index is 760. The Hall–Kier alpha value is -2.45. The van der Waals surface area contributed by atoms with Gasteiger partial charge in [-0.05, 0) is 44.0 Å². The van der Waals surface area contributed by atoms with Crippen LogP contribution in [0.5, 0.6) is 0 Å². The van der Waals surface area contributed by atoms with E-state index >= 15 is 0 Å². The van der Waals surface area contributed by atoms with E-state index in [1.807, 2.05) is 0 Å². The molecule has 1 amide bonds. The van der Waals surface area contributed by atoms with Gasteiger partial charge in [0.1, 0.15) is 0 Å². The Morgan fingerprint density at radius 1 is 1.03 bits per heavy atom. The number of likely N-dealkylation sites (tertiary alicyclic amines) is 1. The van der Waals surface area contributed by atoms with Gasteiger partial charge in [0.05, 0.1) is 5.56 Å². The third-order valence-electron chi connectivity index (χ3n) is 6.07. The number of aromatic carboxylic acids is 1. The number of rotatable bonds is 6. The third-order valence-corrected chi connectivity index (χ3v) is 6.07. The zero-order chi connectivity index (χ0) is 21.0. The van der Waals surface area contributed by atoms with Crippen molar-refractivity contribution in [1.82, 2.24) is 14.7 Å². The lowest BCUT2D eigenvalue weighted by atomic mass is 9.86. The highest BCUT2D eigenvalue weighted by molar-refractivity contribution is 5.97. The van der Waals surface area contributed by atoms with E-state index in [9.17, 15) is 19.5 Å². The molecule has 158 valence electrons. The Balaban J connectivity index is 1.72. The summed E-state index contributed by atoms with van der Waals surface area (Å²) in [6.07, 6.45) is 1.43. The van der Waals surface area contributed by atoms with Gasteiger partial charge in [-0.15, -0.1) is 0 Å². The van der Waals surface area contributed by atoms with Gasteiger partial charge >= 0.3 is 11.9 Å². The minimum absolute atomic E-state index is 0.0885. The second-order valence-electron chi connectivity index (χ2n) is 8.02. The Morgan fingerprint density at radius 2 is 1.72 bits per heavy atom. The summed E-state index contributed by atoms with van der Waals surface area (Å²) in [5, 5.41) is 18.3. The number of nitrogens with zero attached hydrogens (tertiary/aromatic N) is 3. The fourth-order valence-corrected chi connectivity index (χ4v) is 4.40. The number of aliphatic carboxylic acids is 1. The maximum Gasteiger partial charge on any atom is 0.335 e. The van der Waals surface area contributed by atoms with Crippen molar-refractivity contribution in [1.29, 1.82) is 0 Å². The minimum atomic E-state index is -1.06. The molecule has 8 nitrogen and oxygen atoms in total. The first-order valence-electron chi connectivity index (χ1n) is 10.1. The number of carbonyl (C=O) groups is 3. The quantitative estimate of drug-likeness (QED) is 0.739. The largest absolute Gasteiger partial charge is 0.481 e. The van der Waals surface area contributed by atoms with Gasteiger partial charge in [-0.1, -0.05) is 6.07 Å². The summed E-state index contributed by atoms with van der Waals surface area (Å²) in [6, 6.07) is 6.36. The van der Waals surface area contributed by atoms with E-state index in [1.165, 1.54) is 12.1 Å². The van der Waals surface area contributed by atoms with Gasteiger partial charge in [0.25, 0.3) is 5.91 Å². The second kappa shape index (κ2) is 9.37. The van der Waals surface area contributed by atoms with Gasteiger partial charge < -0.3 is 20.0 Å². The van der Waals surface area contributed by atoms with Gasteiger partial charge in [-0.2, -0.15) is 0 Å². The van der Waals surface area contributed by atoms with Crippen LogP contribution in [0.2, 0.25) is 0 Å². The third kappa shape index (κ3) is 5.33. The zero-order valence-electron chi connectivity index (χ0n) is 16.8. The maximum absolute atomic E-state index is 13.0. The normalized spacial score (nSPS) is 23.7. The van der Waals surface area contributed by atoms with Gasteiger partial charge in [-0.3, -0.25) is 14.5 Å². The van der Waals surface area contributed by atoms with Crippen LogP contribution in [-0.2, 0) is 4.79 Å².